The minimum Gasteiger partial charge on any atom is -0.370 e. The second-order valence-electron chi connectivity index (χ2n) is 6.63. The van der Waals surface area contributed by atoms with Crippen LogP contribution in [0.25, 0.3) is 0 Å². The molecule has 0 radical (unpaired) electrons. The van der Waals surface area contributed by atoms with Gasteiger partial charge in [0.25, 0.3) is 0 Å². The smallest absolute Gasteiger partial charge is 0.225 e. The Morgan fingerprint density at radius 2 is 1.71 bits per heavy atom. The third kappa shape index (κ3) is 5.27. The summed E-state index contributed by atoms with van der Waals surface area (Å²) in [6, 6.07) is 10.7. The van der Waals surface area contributed by atoms with Gasteiger partial charge in [0, 0.05) is 43.8 Å². The highest BCUT2D eigenvalue weighted by Gasteiger charge is 2.29. The van der Waals surface area contributed by atoms with E-state index < -0.39 is 0 Å². The maximum atomic E-state index is 12.7. The number of carbonyl (C=O) groups is 1. The minimum atomic E-state index is 0. The molecule has 1 aromatic carbocycles. The highest BCUT2D eigenvalue weighted by Crippen LogP contribution is 2.26. The molecule has 2 aliphatic rings. The standard InChI is InChI=1S/C18H27N3O.2ClH/c19-16-7-4-6-15(14-16)18(22)21-11-5-10-20(12-13-21)17-8-2-1-3-9-17;;/h1-3,8-9,15-16H,4-7,10-14,19H2;2*1H. The van der Waals surface area contributed by atoms with Gasteiger partial charge in [0.15, 0.2) is 0 Å². The number of halogens is 2. The number of hydrogen-bond acceptors (Lipinski definition) is 3. The van der Waals surface area contributed by atoms with E-state index in [0.717, 1.165) is 58.3 Å². The highest BCUT2D eigenvalue weighted by molar-refractivity contribution is 5.85. The summed E-state index contributed by atoms with van der Waals surface area (Å²) in [6.07, 6.45) is 5.11. The Balaban J connectivity index is 0.00000144. The maximum Gasteiger partial charge on any atom is 0.225 e. The molecule has 3 rings (SSSR count). The Bertz CT molecular complexity index is 500. The van der Waals surface area contributed by atoms with Crippen molar-refractivity contribution in [2.45, 2.75) is 38.1 Å². The predicted molar refractivity (Wildman–Crippen MR) is 104 cm³/mol. The first-order valence-corrected chi connectivity index (χ1v) is 8.58. The fourth-order valence-corrected chi connectivity index (χ4v) is 3.74. The van der Waals surface area contributed by atoms with E-state index in [-0.39, 0.29) is 36.8 Å². The van der Waals surface area contributed by atoms with Crippen molar-refractivity contribution in [2.75, 3.05) is 31.1 Å². The number of amides is 1. The van der Waals surface area contributed by atoms with Crippen LogP contribution < -0.4 is 10.6 Å². The van der Waals surface area contributed by atoms with Crippen molar-refractivity contribution in [3.8, 4) is 0 Å². The molecule has 1 aliphatic carbocycles. The summed E-state index contributed by atoms with van der Waals surface area (Å²) in [4.78, 5) is 17.2. The first kappa shape index (κ1) is 21.1. The zero-order chi connectivity index (χ0) is 15.4. The summed E-state index contributed by atoms with van der Waals surface area (Å²) >= 11 is 0. The quantitative estimate of drug-likeness (QED) is 0.866. The van der Waals surface area contributed by atoms with Gasteiger partial charge in [0.2, 0.25) is 5.91 Å². The van der Waals surface area contributed by atoms with Gasteiger partial charge in [0.05, 0.1) is 0 Å². The van der Waals surface area contributed by atoms with Gasteiger partial charge in [-0.05, 0) is 37.8 Å². The lowest BCUT2D eigenvalue weighted by atomic mass is 9.85. The summed E-state index contributed by atoms with van der Waals surface area (Å²) < 4.78 is 0. The largest absolute Gasteiger partial charge is 0.370 e. The van der Waals surface area contributed by atoms with E-state index in [2.05, 4.69) is 34.1 Å². The van der Waals surface area contributed by atoms with Crippen LogP contribution in [0.5, 0.6) is 0 Å². The number of benzene rings is 1. The number of nitrogens with zero attached hydrogens (tertiary/aromatic N) is 2. The van der Waals surface area contributed by atoms with Crippen molar-refractivity contribution in [3.63, 3.8) is 0 Å². The van der Waals surface area contributed by atoms with E-state index >= 15 is 0 Å². The van der Waals surface area contributed by atoms with Crippen LogP contribution in [0.4, 0.5) is 5.69 Å². The van der Waals surface area contributed by atoms with Crippen molar-refractivity contribution in [1.29, 1.82) is 0 Å². The summed E-state index contributed by atoms with van der Waals surface area (Å²) in [6.45, 7) is 3.67. The molecule has 0 bridgehead atoms. The molecule has 0 spiro atoms. The van der Waals surface area contributed by atoms with Gasteiger partial charge < -0.3 is 15.5 Å². The Morgan fingerprint density at radius 3 is 2.42 bits per heavy atom. The van der Waals surface area contributed by atoms with Gasteiger partial charge in [0.1, 0.15) is 0 Å². The molecule has 1 saturated heterocycles. The van der Waals surface area contributed by atoms with Gasteiger partial charge in [-0.25, -0.2) is 0 Å². The topological polar surface area (TPSA) is 49.6 Å². The molecule has 2 N–H and O–H groups in total. The molecular formula is C18H29Cl2N3O. The Kier molecular flexibility index (Phi) is 8.88. The molecule has 2 atom stereocenters. The normalized spacial score (nSPS) is 24.4. The average Bonchev–Trinajstić information content (AvgIpc) is 2.81. The molecule has 2 fully saturated rings. The second kappa shape index (κ2) is 10.1. The highest BCUT2D eigenvalue weighted by atomic mass is 35.5. The van der Waals surface area contributed by atoms with Gasteiger partial charge >= 0.3 is 0 Å². The summed E-state index contributed by atoms with van der Waals surface area (Å²) in [7, 11) is 0. The Labute approximate surface area is 157 Å². The number of hydrogen-bond donors (Lipinski definition) is 1. The monoisotopic (exact) mass is 373 g/mol. The Hall–Kier alpha value is -0.970. The molecule has 0 aromatic heterocycles. The van der Waals surface area contributed by atoms with E-state index in [4.69, 9.17) is 5.73 Å². The fourth-order valence-electron chi connectivity index (χ4n) is 3.74. The first-order valence-electron chi connectivity index (χ1n) is 8.58. The van der Waals surface area contributed by atoms with Gasteiger partial charge in [-0.1, -0.05) is 24.6 Å². The van der Waals surface area contributed by atoms with Crippen LogP contribution >= 0.6 is 24.8 Å². The van der Waals surface area contributed by atoms with Crippen LogP contribution in [0.1, 0.15) is 32.1 Å². The number of para-hydroxylation sites is 1. The lowest BCUT2D eigenvalue weighted by Crippen LogP contribution is -2.42. The molecule has 1 aromatic rings. The first-order chi connectivity index (χ1) is 10.7. The fraction of sp³-hybridized carbons (Fsp3) is 0.611. The minimum absolute atomic E-state index is 0. The van der Waals surface area contributed by atoms with E-state index in [0.29, 0.717) is 5.91 Å². The summed E-state index contributed by atoms with van der Waals surface area (Å²) in [5.74, 6) is 0.497. The maximum absolute atomic E-state index is 12.7. The van der Waals surface area contributed by atoms with E-state index in [1.807, 2.05) is 6.07 Å². The summed E-state index contributed by atoms with van der Waals surface area (Å²) in [5.41, 5.74) is 7.30. The average molecular weight is 374 g/mol. The molecule has 24 heavy (non-hydrogen) atoms. The molecule has 136 valence electrons. The van der Waals surface area contributed by atoms with Crippen molar-refractivity contribution in [2.24, 2.45) is 11.7 Å². The molecule has 1 aliphatic heterocycles. The third-order valence-corrected chi connectivity index (χ3v) is 4.99. The molecule has 6 heteroatoms. The molecule has 1 heterocycles. The van der Waals surface area contributed by atoms with Gasteiger partial charge in [-0.15, -0.1) is 24.8 Å². The van der Waals surface area contributed by atoms with Crippen LogP contribution in [0.15, 0.2) is 30.3 Å². The van der Waals surface area contributed by atoms with Gasteiger partial charge in [-0.3, -0.25) is 4.79 Å². The van der Waals surface area contributed by atoms with E-state index in [1.54, 1.807) is 0 Å². The predicted octanol–water partition coefficient (Wildman–Crippen LogP) is 3.09. The zero-order valence-electron chi connectivity index (χ0n) is 14.1. The van der Waals surface area contributed by atoms with Crippen molar-refractivity contribution >= 4 is 36.4 Å². The van der Waals surface area contributed by atoms with E-state index in [9.17, 15) is 4.79 Å². The van der Waals surface area contributed by atoms with Crippen LogP contribution in [0.3, 0.4) is 0 Å². The lowest BCUT2D eigenvalue weighted by Gasteiger charge is -2.31. The number of carbonyl (C=O) groups excluding carboxylic acids is 1. The zero-order valence-corrected chi connectivity index (χ0v) is 15.7. The van der Waals surface area contributed by atoms with Crippen LogP contribution in [0, 0.1) is 5.92 Å². The number of rotatable bonds is 2. The molecule has 1 saturated carbocycles. The van der Waals surface area contributed by atoms with E-state index in [1.165, 1.54) is 5.69 Å². The van der Waals surface area contributed by atoms with Crippen molar-refractivity contribution in [1.82, 2.24) is 4.90 Å². The van der Waals surface area contributed by atoms with Crippen LogP contribution in [0.2, 0.25) is 0 Å². The second-order valence-corrected chi connectivity index (χ2v) is 6.63. The van der Waals surface area contributed by atoms with Crippen molar-refractivity contribution < 1.29 is 4.79 Å². The molecule has 1 amide bonds. The van der Waals surface area contributed by atoms with Crippen LogP contribution in [-0.4, -0.2) is 43.0 Å². The number of nitrogens with two attached hydrogens (primary N) is 1. The molecular weight excluding hydrogens is 345 g/mol. The number of anilines is 1. The Morgan fingerprint density at radius 1 is 0.958 bits per heavy atom. The van der Waals surface area contributed by atoms with Gasteiger partial charge in [-0.2, -0.15) is 0 Å². The molecule has 2 unspecified atom stereocenters. The molecule has 4 nitrogen and oxygen atoms in total. The van der Waals surface area contributed by atoms with Crippen molar-refractivity contribution in [3.05, 3.63) is 30.3 Å². The summed E-state index contributed by atoms with van der Waals surface area (Å²) in [5, 5.41) is 0. The lowest BCUT2D eigenvalue weighted by molar-refractivity contribution is -0.136. The SMILES string of the molecule is Cl.Cl.NC1CCCC(C(=O)N2CCCN(c3ccccc3)CC2)C1. The third-order valence-electron chi connectivity index (χ3n) is 4.99. The van der Waals surface area contributed by atoms with Crippen LogP contribution in [-0.2, 0) is 4.79 Å².